The predicted molar refractivity (Wildman–Crippen MR) is 69.0 cm³/mol. The summed E-state index contributed by atoms with van der Waals surface area (Å²) in [6, 6.07) is 6.94. The van der Waals surface area contributed by atoms with E-state index in [1.165, 1.54) is 12.1 Å². The smallest absolute Gasteiger partial charge is 0.381 e. The Morgan fingerprint density at radius 3 is 2.37 bits per heavy atom. The third kappa shape index (κ3) is 5.42. The fourth-order valence-corrected chi connectivity index (χ4v) is 2.51. The summed E-state index contributed by atoms with van der Waals surface area (Å²) in [4.78, 5) is 0.224. The first-order valence-corrected chi connectivity index (χ1v) is 7.00. The van der Waals surface area contributed by atoms with Gasteiger partial charge in [0.05, 0.1) is 0 Å². The number of halogens is 3. The molecule has 1 N–H and O–H groups in total. The van der Waals surface area contributed by atoms with Crippen molar-refractivity contribution >= 4 is 11.8 Å². The lowest BCUT2D eigenvalue weighted by atomic mass is 10.1. The lowest BCUT2D eigenvalue weighted by molar-refractivity contribution is -0.0328. The minimum absolute atomic E-state index is 0.0813. The maximum Gasteiger partial charge on any atom is 0.446 e. The number of ether oxygens (including phenoxy) is 1. The Labute approximate surface area is 114 Å². The number of hydrogen-bond donors (Lipinski definition) is 1. The predicted octanol–water partition coefficient (Wildman–Crippen LogP) is 3.57. The normalized spacial score (nSPS) is 17.6. The Kier molecular flexibility index (Phi) is 5.13. The van der Waals surface area contributed by atoms with Crippen molar-refractivity contribution in [2.45, 2.75) is 35.8 Å². The van der Waals surface area contributed by atoms with Crippen LogP contribution in [0.3, 0.4) is 0 Å². The van der Waals surface area contributed by atoms with Crippen molar-refractivity contribution in [1.82, 2.24) is 5.32 Å². The van der Waals surface area contributed by atoms with Crippen molar-refractivity contribution in [3.05, 3.63) is 29.8 Å². The van der Waals surface area contributed by atoms with Crippen molar-refractivity contribution < 1.29 is 17.9 Å². The van der Waals surface area contributed by atoms with E-state index in [2.05, 4.69) is 5.32 Å². The van der Waals surface area contributed by atoms with Gasteiger partial charge in [-0.25, -0.2) is 0 Å². The van der Waals surface area contributed by atoms with Crippen molar-refractivity contribution in [3.63, 3.8) is 0 Å². The Balaban J connectivity index is 1.81. The highest BCUT2D eigenvalue weighted by molar-refractivity contribution is 8.00. The first-order valence-electron chi connectivity index (χ1n) is 6.19. The molecule has 6 heteroatoms. The first-order chi connectivity index (χ1) is 9.03. The minimum atomic E-state index is -4.22. The molecule has 1 aliphatic rings. The van der Waals surface area contributed by atoms with Crippen LogP contribution in [0.1, 0.15) is 18.4 Å². The average Bonchev–Trinajstić information content (AvgIpc) is 2.37. The highest BCUT2D eigenvalue weighted by Gasteiger charge is 2.28. The van der Waals surface area contributed by atoms with Crippen molar-refractivity contribution in [2.75, 3.05) is 13.2 Å². The van der Waals surface area contributed by atoms with Gasteiger partial charge in [0, 0.05) is 30.7 Å². The Hall–Kier alpha value is -0.720. The van der Waals surface area contributed by atoms with Crippen LogP contribution in [0.5, 0.6) is 0 Å². The second-order valence-electron chi connectivity index (χ2n) is 4.46. The van der Waals surface area contributed by atoms with Crippen LogP contribution >= 0.6 is 11.8 Å². The highest BCUT2D eigenvalue weighted by atomic mass is 32.2. The van der Waals surface area contributed by atoms with E-state index in [4.69, 9.17) is 4.74 Å². The zero-order chi connectivity index (χ0) is 13.7. The second-order valence-corrected chi connectivity index (χ2v) is 5.60. The molecule has 1 saturated heterocycles. The van der Waals surface area contributed by atoms with Gasteiger partial charge in [0.25, 0.3) is 0 Å². The van der Waals surface area contributed by atoms with Crippen LogP contribution in [0.25, 0.3) is 0 Å². The van der Waals surface area contributed by atoms with Gasteiger partial charge in [-0.1, -0.05) is 12.1 Å². The van der Waals surface area contributed by atoms with Crippen LogP contribution in [0.15, 0.2) is 29.2 Å². The number of hydrogen-bond acceptors (Lipinski definition) is 3. The molecule has 0 bridgehead atoms. The van der Waals surface area contributed by atoms with Gasteiger partial charge in [0.2, 0.25) is 0 Å². The first kappa shape index (κ1) is 14.7. The fourth-order valence-electron chi connectivity index (χ4n) is 1.97. The number of benzene rings is 1. The molecular formula is C13H16F3NOS. The van der Waals surface area contributed by atoms with E-state index in [1.54, 1.807) is 12.1 Å². The molecule has 2 rings (SSSR count). The summed E-state index contributed by atoms with van der Waals surface area (Å²) in [5, 5.41) is 3.40. The summed E-state index contributed by atoms with van der Waals surface area (Å²) in [5.74, 6) is 0. The topological polar surface area (TPSA) is 21.3 Å². The van der Waals surface area contributed by atoms with Gasteiger partial charge in [0.15, 0.2) is 0 Å². The zero-order valence-electron chi connectivity index (χ0n) is 10.4. The molecule has 0 radical (unpaired) electrons. The Bertz CT molecular complexity index is 388. The summed E-state index contributed by atoms with van der Waals surface area (Å²) in [6.07, 6.45) is 1.98. The van der Waals surface area contributed by atoms with Gasteiger partial charge in [0.1, 0.15) is 0 Å². The molecule has 1 fully saturated rings. The molecule has 106 valence electrons. The average molecular weight is 291 g/mol. The van der Waals surface area contributed by atoms with Crippen molar-refractivity contribution in [1.29, 1.82) is 0 Å². The van der Waals surface area contributed by atoms with Crippen LogP contribution in [-0.4, -0.2) is 24.8 Å². The van der Waals surface area contributed by atoms with Crippen LogP contribution in [-0.2, 0) is 11.3 Å². The molecule has 1 aromatic carbocycles. The standard InChI is InChI=1S/C13H16F3NOS/c14-13(15,16)19-12-3-1-10(2-4-12)9-17-11-5-7-18-8-6-11/h1-4,11,17H,5-9H2. The fraction of sp³-hybridized carbons (Fsp3) is 0.538. The number of thioether (sulfide) groups is 1. The van der Waals surface area contributed by atoms with E-state index >= 15 is 0 Å². The van der Waals surface area contributed by atoms with Crippen LogP contribution in [0.4, 0.5) is 13.2 Å². The molecule has 0 saturated carbocycles. The molecular weight excluding hydrogens is 275 g/mol. The number of alkyl halides is 3. The van der Waals surface area contributed by atoms with Gasteiger partial charge in [-0.3, -0.25) is 0 Å². The molecule has 2 nitrogen and oxygen atoms in total. The Morgan fingerprint density at radius 1 is 1.16 bits per heavy atom. The molecule has 0 aliphatic carbocycles. The van der Waals surface area contributed by atoms with Crippen molar-refractivity contribution in [2.24, 2.45) is 0 Å². The third-order valence-corrected chi connectivity index (χ3v) is 3.71. The van der Waals surface area contributed by atoms with Crippen LogP contribution in [0.2, 0.25) is 0 Å². The number of nitrogens with one attached hydrogen (secondary N) is 1. The van der Waals surface area contributed by atoms with Crippen LogP contribution in [0, 0.1) is 0 Å². The molecule has 1 aliphatic heterocycles. The summed E-state index contributed by atoms with van der Waals surface area (Å²) in [6.45, 7) is 2.24. The second kappa shape index (κ2) is 6.63. The monoisotopic (exact) mass is 291 g/mol. The van der Waals surface area contributed by atoms with Crippen LogP contribution < -0.4 is 5.32 Å². The van der Waals surface area contributed by atoms with E-state index in [0.29, 0.717) is 12.6 Å². The zero-order valence-corrected chi connectivity index (χ0v) is 11.2. The van der Waals surface area contributed by atoms with Gasteiger partial charge >= 0.3 is 5.51 Å². The summed E-state index contributed by atoms with van der Waals surface area (Å²) in [5.41, 5.74) is -3.22. The van der Waals surface area contributed by atoms with Gasteiger partial charge in [-0.2, -0.15) is 13.2 Å². The van der Waals surface area contributed by atoms with E-state index in [9.17, 15) is 13.2 Å². The SMILES string of the molecule is FC(F)(F)Sc1ccc(CNC2CCOCC2)cc1. The van der Waals surface area contributed by atoms with E-state index < -0.39 is 5.51 Å². The third-order valence-electron chi connectivity index (χ3n) is 2.97. The molecule has 0 unspecified atom stereocenters. The summed E-state index contributed by atoms with van der Waals surface area (Å²) in [7, 11) is 0. The maximum absolute atomic E-state index is 12.2. The molecule has 0 aromatic heterocycles. The summed E-state index contributed by atoms with van der Waals surface area (Å²) < 4.78 is 41.8. The van der Waals surface area contributed by atoms with Gasteiger partial charge < -0.3 is 10.1 Å². The molecule has 1 aromatic rings. The Morgan fingerprint density at radius 2 is 1.79 bits per heavy atom. The molecule has 0 spiro atoms. The lowest BCUT2D eigenvalue weighted by Crippen LogP contribution is -2.34. The molecule has 1 heterocycles. The van der Waals surface area contributed by atoms with E-state index in [0.717, 1.165) is 31.6 Å². The quantitative estimate of drug-likeness (QED) is 0.857. The summed E-state index contributed by atoms with van der Waals surface area (Å²) >= 11 is -0.0813. The van der Waals surface area contributed by atoms with E-state index in [1.807, 2.05) is 0 Å². The van der Waals surface area contributed by atoms with Gasteiger partial charge in [-0.05, 0) is 42.3 Å². The number of rotatable bonds is 4. The molecule has 0 amide bonds. The van der Waals surface area contributed by atoms with E-state index in [-0.39, 0.29) is 16.7 Å². The largest absolute Gasteiger partial charge is 0.446 e. The van der Waals surface area contributed by atoms with Gasteiger partial charge in [-0.15, -0.1) is 0 Å². The maximum atomic E-state index is 12.2. The lowest BCUT2D eigenvalue weighted by Gasteiger charge is -2.23. The molecule has 19 heavy (non-hydrogen) atoms. The molecule has 0 atom stereocenters. The highest BCUT2D eigenvalue weighted by Crippen LogP contribution is 2.36. The van der Waals surface area contributed by atoms with Crippen molar-refractivity contribution in [3.8, 4) is 0 Å². The minimum Gasteiger partial charge on any atom is -0.381 e.